The van der Waals surface area contributed by atoms with E-state index in [-0.39, 0.29) is 30.1 Å². The van der Waals surface area contributed by atoms with Crippen molar-refractivity contribution < 1.29 is 19.1 Å². The van der Waals surface area contributed by atoms with Gasteiger partial charge in [-0.15, -0.1) is 0 Å². The third kappa shape index (κ3) is 4.59. The summed E-state index contributed by atoms with van der Waals surface area (Å²) >= 11 is 0. The van der Waals surface area contributed by atoms with Crippen LogP contribution in [0.5, 0.6) is 5.75 Å². The number of nitrogens with one attached hydrogen (secondary N) is 1. The number of hydrogen-bond donors (Lipinski definition) is 1. The Hall–Kier alpha value is -2.61. The molecule has 1 aromatic carbocycles. The van der Waals surface area contributed by atoms with Crippen LogP contribution >= 0.6 is 0 Å². The largest absolute Gasteiger partial charge is 0.495 e. The predicted octanol–water partition coefficient (Wildman–Crippen LogP) is 0.779. The zero-order chi connectivity index (χ0) is 21.3. The van der Waals surface area contributed by atoms with Crippen molar-refractivity contribution in [2.24, 2.45) is 5.92 Å². The number of anilines is 1. The Balaban J connectivity index is 1.32. The van der Waals surface area contributed by atoms with E-state index in [1.165, 1.54) is 0 Å². The number of amides is 3. The van der Waals surface area contributed by atoms with Gasteiger partial charge in [0.05, 0.1) is 25.3 Å². The lowest BCUT2D eigenvalue weighted by atomic mass is 10.1. The van der Waals surface area contributed by atoms with Gasteiger partial charge in [0.1, 0.15) is 5.75 Å². The van der Waals surface area contributed by atoms with E-state index in [0.717, 1.165) is 24.1 Å². The summed E-state index contributed by atoms with van der Waals surface area (Å²) in [4.78, 5) is 43.3. The number of rotatable bonds is 6. The maximum Gasteiger partial charge on any atom is 0.234 e. The van der Waals surface area contributed by atoms with Crippen molar-refractivity contribution in [3.05, 3.63) is 23.8 Å². The third-order valence-corrected chi connectivity index (χ3v) is 6.09. The molecule has 0 aromatic heterocycles. The third-order valence-electron chi connectivity index (χ3n) is 6.09. The van der Waals surface area contributed by atoms with E-state index >= 15 is 0 Å². The highest BCUT2D eigenvalue weighted by molar-refractivity contribution is 6.01. The van der Waals surface area contributed by atoms with Crippen molar-refractivity contribution in [2.75, 3.05) is 51.3 Å². The minimum atomic E-state index is -0.340. The van der Waals surface area contributed by atoms with Crippen LogP contribution in [0.1, 0.15) is 24.8 Å². The second-order valence-electron chi connectivity index (χ2n) is 8.52. The maximum absolute atomic E-state index is 13.0. The number of hydrogen-bond acceptors (Lipinski definition) is 5. The zero-order valence-corrected chi connectivity index (χ0v) is 17.7. The van der Waals surface area contributed by atoms with Crippen LogP contribution in [0.2, 0.25) is 0 Å². The van der Waals surface area contributed by atoms with Gasteiger partial charge in [-0.3, -0.25) is 19.3 Å². The van der Waals surface area contributed by atoms with Crippen molar-refractivity contribution in [1.29, 1.82) is 0 Å². The molecule has 1 saturated carbocycles. The first kappa shape index (κ1) is 20.7. The Kier molecular flexibility index (Phi) is 5.94. The number of benzene rings is 1. The average molecular weight is 415 g/mol. The van der Waals surface area contributed by atoms with Gasteiger partial charge in [0.25, 0.3) is 0 Å². The zero-order valence-electron chi connectivity index (χ0n) is 17.7. The number of carbonyl (C=O) groups is 3. The lowest BCUT2D eigenvalue weighted by molar-refractivity contribution is -0.137. The van der Waals surface area contributed by atoms with E-state index in [2.05, 4.69) is 10.2 Å². The standard InChI is InChI=1S/C22H30N4O4/c1-15-3-6-19(30-2)18(11-15)26-13-16(12-21(26)28)22(29)25-9-7-24(8-10-25)14-20(27)23-17-4-5-17/h3,6,11,16-17H,4-5,7-10,12-14H2,1-2H3,(H,23,27)/t16-/m0/s1. The topological polar surface area (TPSA) is 82.2 Å². The molecule has 3 fully saturated rings. The fourth-order valence-electron chi connectivity index (χ4n) is 4.21. The molecule has 30 heavy (non-hydrogen) atoms. The van der Waals surface area contributed by atoms with Gasteiger partial charge in [0.2, 0.25) is 17.7 Å². The molecular formula is C22H30N4O4. The van der Waals surface area contributed by atoms with Crippen molar-refractivity contribution in [3.8, 4) is 5.75 Å². The van der Waals surface area contributed by atoms with Crippen LogP contribution in [0.25, 0.3) is 0 Å². The first-order valence-corrected chi connectivity index (χ1v) is 10.7. The molecule has 2 aliphatic heterocycles. The van der Waals surface area contributed by atoms with Gasteiger partial charge in [-0.1, -0.05) is 6.07 Å². The smallest absolute Gasteiger partial charge is 0.234 e. The van der Waals surface area contributed by atoms with E-state index in [4.69, 9.17) is 4.74 Å². The molecule has 2 heterocycles. The fraction of sp³-hybridized carbons (Fsp3) is 0.591. The highest BCUT2D eigenvalue weighted by Crippen LogP contribution is 2.34. The Morgan fingerprint density at radius 3 is 2.57 bits per heavy atom. The molecule has 0 bridgehead atoms. The van der Waals surface area contributed by atoms with Crippen molar-refractivity contribution in [3.63, 3.8) is 0 Å². The molecule has 1 N–H and O–H groups in total. The summed E-state index contributed by atoms with van der Waals surface area (Å²) < 4.78 is 5.42. The Morgan fingerprint density at radius 1 is 1.17 bits per heavy atom. The maximum atomic E-state index is 13.0. The monoisotopic (exact) mass is 414 g/mol. The number of aryl methyl sites for hydroxylation is 1. The first-order chi connectivity index (χ1) is 14.4. The minimum absolute atomic E-state index is 0.0274. The normalized spacial score (nSPS) is 22.3. The molecule has 2 saturated heterocycles. The van der Waals surface area contributed by atoms with Gasteiger partial charge in [0, 0.05) is 45.2 Å². The molecular weight excluding hydrogens is 384 g/mol. The molecule has 8 nitrogen and oxygen atoms in total. The summed E-state index contributed by atoms with van der Waals surface area (Å²) in [6, 6.07) is 6.09. The summed E-state index contributed by atoms with van der Waals surface area (Å²) in [5, 5.41) is 3.00. The quantitative estimate of drug-likeness (QED) is 0.744. The highest BCUT2D eigenvalue weighted by atomic mass is 16.5. The lowest BCUT2D eigenvalue weighted by Gasteiger charge is -2.35. The van der Waals surface area contributed by atoms with E-state index in [9.17, 15) is 14.4 Å². The van der Waals surface area contributed by atoms with Crippen LogP contribution in [0.3, 0.4) is 0 Å². The Morgan fingerprint density at radius 2 is 1.90 bits per heavy atom. The second-order valence-corrected chi connectivity index (χ2v) is 8.52. The van der Waals surface area contributed by atoms with Crippen molar-refractivity contribution in [1.82, 2.24) is 15.1 Å². The van der Waals surface area contributed by atoms with Gasteiger partial charge in [-0.05, 0) is 37.5 Å². The van der Waals surface area contributed by atoms with Gasteiger partial charge < -0.3 is 19.9 Å². The summed E-state index contributed by atoms with van der Waals surface area (Å²) in [7, 11) is 1.59. The molecule has 4 rings (SSSR count). The number of carbonyl (C=O) groups excluding carboxylic acids is 3. The number of nitrogens with zero attached hydrogens (tertiary/aromatic N) is 3. The molecule has 1 aliphatic carbocycles. The van der Waals surface area contributed by atoms with Crippen molar-refractivity contribution in [2.45, 2.75) is 32.2 Å². The summed E-state index contributed by atoms with van der Waals surface area (Å²) in [6.07, 6.45) is 2.39. The molecule has 0 spiro atoms. The summed E-state index contributed by atoms with van der Waals surface area (Å²) in [6.45, 7) is 5.28. The molecule has 1 aromatic rings. The van der Waals surface area contributed by atoms with Crippen LogP contribution in [0.4, 0.5) is 5.69 Å². The molecule has 8 heteroatoms. The van der Waals surface area contributed by atoms with E-state index < -0.39 is 0 Å². The average Bonchev–Trinajstić information content (AvgIpc) is 3.46. The fourth-order valence-corrected chi connectivity index (χ4v) is 4.21. The van der Waals surface area contributed by atoms with Crippen LogP contribution in [0.15, 0.2) is 18.2 Å². The summed E-state index contributed by atoms with van der Waals surface area (Å²) in [5.74, 6) is 0.348. The van der Waals surface area contributed by atoms with Gasteiger partial charge in [0.15, 0.2) is 0 Å². The molecule has 1 atom stereocenters. The summed E-state index contributed by atoms with van der Waals surface area (Å²) in [5.41, 5.74) is 1.76. The van der Waals surface area contributed by atoms with E-state index in [0.29, 0.717) is 51.1 Å². The lowest BCUT2D eigenvalue weighted by Crippen LogP contribution is -2.52. The molecule has 0 unspecified atom stereocenters. The first-order valence-electron chi connectivity index (χ1n) is 10.7. The van der Waals surface area contributed by atoms with Gasteiger partial charge >= 0.3 is 0 Å². The van der Waals surface area contributed by atoms with Crippen molar-refractivity contribution >= 4 is 23.4 Å². The van der Waals surface area contributed by atoms with Crippen LogP contribution < -0.4 is 15.0 Å². The van der Waals surface area contributed by atoms with Crippen LogP contribution in [-0.2, 0) is 14.4 Å². The SMILES string of the molecule is COc1ccc(C)cc1N1C[C@@H](C(=O)N2CCN(CC(=O)NC3CC3)CC2)CC1=O. The number of ether oxygens (including phenoxy) is 1. The van der Waals surface area contributed by atoms with E-state index in [1.54, 1.807) is 12.0 Å². The van der Waals surface area contributed by atoms with Crippen LogP contribution in [0, 0.1) is 12.8 Å². The molecule has 162 valence electrons. The van der Waals surface area contributed by atoms with Crippen LogP contribution in [-0.4, -0.2) is 79.9 Å². The number of methoxy groups -OCH3 is 1. The molecule has 0 radical (unpaired) electrons. The minimum Gasteiger partial charge on any atom is -0.495 e. The van der Waals surface area contributed by atoms with E-state index in [1.807, 2.05) is 30.0 Å². The second kappa shape index (κ2) is 8.63. The molecule has 3 aliphatic rings. The molecule has 3 amide bonds. The number of piperazine rings is 1. The predicted molar refractivity (Wildman–Crippen MR) is 112 cm³/mol. The van der Waals surface area contributed by atoms with Gasteiger partial charge in [-0.25, -0.2) is 0 Å². The Labute approximate surface area is 177 Å². The highest BCUT2D eigenvalue weighted by Gasteiger charge is 2.39. The Bertz CT molecular complexity index is 830. The van der Waals surface area contributed by atoms with Gasteiger partial charge in [-0.2, -0.15) is 0 Å².